The Morgan fingerprint density at radius 3 is 1.67 bits per heavy atom. The minimum atomic E-state index is -1.37. The number of allylic oxidation sites excluding steroid dienone is 2. The third-order valence-corrected chi connectivity index (χ3v) is 2.95. The quantitative estimate of drug-likeness (QED) is 0.622. The lowest BCUT2D eigenvalue weighted by molar-refractivity contribution is -0.131. The Bertz CT molecular complexity index is 267. The molecule has 0 aromatic carbocycles. The van der Waals surface area contributed by atoms with Gasteiger partial charge in [0.1, 0.15) is 8.97 Å². The Morgan fingerprint density at radius 1 is 1.00 bits per heavy atom. The highest BCUT2D eigenvalue weighted by molar-refractivity contribution is 9.12. The normalized spacial score (nSPS) is 15.1. The highest BCUT2D eigenvalue weighted by atomic mass is 79.9. The van der Waals surface area contributed by atoms with Crippen molar-refractivity contribution >= 4 is 68.3 Å². The second-order valence-corrected chi connectivity index (χ2v) is 4.27. The van der Waals surface area contributed by atoms with E-state index in [0.717, 1.165) is 0 Å². The van der Waals surface area contributed by atoms with Crippen LogP contribution in [0.3, 0.4) is 0 Å². The SMILES string of the molecule is O=C(O)C(Cl)=C(Cl)C(Cl)=C(Cl)Br. The minimum Gasteiger partial charge on any atom is -0.477 e. The van der Waals surface area contributed by atoms with Crippen LogP contribution < -0.4 is 0 Å². The fourth-order valence-corrected chi connectivity index (χ4v) is 1.14. The lowest BCUT2D eigenvalue weighted by Gasteiger charge is -1.97. The number of hydrogen-bond acceptors (Lipinski definition) is 1. The van der Waals surface area contributed by atoms with Crippen LogP contribution >= 0.6 is 62.3 Å². The van der Waals surface area contributed by atoms with E-state index < -0.39 is 11.0 Å². The predicted molar refractivity (Wildman–Crippen MR) is 54.0 cm³/mol. The van der Waals surface area contributed by atoms with Crippen molar-refractivity contribution < 1.29 is 9.90 Å². The highest BCUT2D eigenvalue weighted by Gasteiger charge is 2.14. The van der Waals surface area contributed by atoms with E-state index in [-0.39, 0.29) is 14.0 Å². The molecule has 0 radical (unpaired) electrons. The monoisotopic (exact) mass is 312 g/mol. The topological polar surface area (TPSA) is 37.3 Å². The van der Waals surface area contributed by atoms with Crippen LogP contribution in [-0.4, -0.2) is 11.1 Å². The van der Waals surface area contributed by atoms with Crippen molar-refractivity contribution in [3.8, 4) is 0 Å². The smallest absolute Gasteiger partial charge is 0.348 e. The van der Waals surface area contributed by atoms with Gasteiger partial charge in [-0.05, 0) is 15.9 Å². The van der Waals surface area contributed by atoms with Crippen molar-refractivity contribution in [3.63, 3.8) is 0 Å². The molecule has 0 rings (SSSR count). The van der Waals surface area contributed by atoms with E-state index in [1.807, 2.05) is 0 Å². The maximum Gasteiger partial charge on any atom is 0.348 e. The molecule has 0 aromatic heterocycles. The van der Waals surface area contributed by atoms with Crippen molar-refractivity contribution in [2.75, 3.05) is 0 Å². The number of hydrogen-bond donors (Lipinski definition) is 1. The molecule has 1 N–H and O–H groups in total. The first kappa shape index (κ1) is 12.6. The molecule has 0 aromatic rings. The zero-order valence-electron chi connectivity index (χ0n) is 5.25. The van der Waals surface area contributed by atoms with E-state index in [1.54, 1.807) is 0 Å². The molecule has 0 saturated carbocycles. The minimum absolute atomic E-state index is 0.00596. The summed E-state index contributed by atoms with van der Waals surface area (Å²) >= 11 is 24.3. The zero-order chi connectivity index (χ0) is 9.89. The third kappa shape index (κ3) is 3.54. The van der Waals surface area contributed by atoms with Gasteiger partial charge in [0.2, 0.25) is 0 Å². The number of aliphatic carboxylic acids is 1. The summed E-state index contributed by atoms with van der Waals surface area (Å²) in [5, 5.41) is 7.33. The van der Waals surface area contributed by atoms with Crippen molar-refractivity contribution in [2.24, 2.45) is 0 Å². The summed E-state index contributed by atoms with van der Waals surface area (Å²) in [4.78, 5) is 10.3. The standard InChI is InChI=1S/C5HBrCl4O2/c6-4(10)2(8)1(7)3(9)5(11)12/h(H,11,12). The molecular formula is C5HBrCl4O2. The molecule has 2 nitrogen and oxygen atoms in total. The third-order valence-electron chi connectivity index (χ3n) is 0.739. The maximum absolute atomic E-state index is 10.3. The molecule has 12 heavy (non-hydrogen) atoms. The molecule has 0 amide bonds. The molecule has 0 atom stereocenters. The summed E-state index contributed by atoms with van der Waals surface area (Å²) in [5.41, 5.74) is 0. The van der Waals surface area contributed by atoms with Gasteiger partial charge in [-0.1, -0.05) is 46.4 Å². The highest BCUT2D eigenvalue weighted by Crippen LogP contribution is 2.32. The number of carboxylic acids is 1. The molecule has 0 fully saturated rings. The summed E-state index contributed by atoms with van der Waals surface area (Å²) in [6.07, 6.45) is 0. The first-order chi connectivity index (χ1) is 5.37. The van der Waals surface area contributed by atoms with Crippen LogP contribution in [0, 0.1) is 0 Å². The van der Waals surface area contributed by atoms with E-state index in [2.05, 4.69) is 15.9 Å². The zero-order valence-corrected chi connectivity index (χ0v) is 9.85. The summed E-state index contributed by atoms with van der Waals surface area (Å²) in [5.74, 6) is -1.37. The number of rotatable bonds is 2. The van der Waals surface area contributed by atoms with Crippen LogP contribution in [0.4, 0.5) is 0 Å². The van der Waals surface area contributed by atoms with Gasteiger partial charge in [-0.25, -0.2) is 4.79 Å². The van der Waals surface area contributed by atoms with Crippen LogP contribution in [0.5, 0.6) is 0 Å². The van der Waals surface area contributed by atoms with Crippen molar-refractivity contribution in [1.29, 1.82) is 0 Å². The van der Waals surface area contributed by atoms with Gasteiger partial charge in [-0.2, -0.15) is 0 Å². The van der Waals surface area contributed by atoms with Crippen molar-refractivity contribution in [1.82, 2.24) is 0 Å². The van der Waals surface area contributed by atoms with Gasteiger partial charge in [0.05, 0.1) is 10.1 Å². The van der Waals surface area contributed by atoms with E-state index in [4.69, 9.17) is 51.5 Å². The summed E-state index contributed by atoms with van der Waals surface area (Å²) in [6.45, 7) is 0. The van der Waals surface area contributed by atoms with E-state index in [0.29, 0.717) is 0 Å². The Labute approximate surface area is 96.9 Å². The Morgan fingerprint density at radius 2 is 1.42 bits per heavy atom. The Balaban J connectivity index is 5.06. The second-order valence-electron chi connectivity index (χ2n) is 1.51. The van der Waals surface area contributed by atoms with Gasteiger partial charge in [-0.15, -0.1) is 0 Å². The lowest BCUT2D eigenvalue weighted by Crippen LogP contribution is -1.96. The van der Waals surface area contributed by atoms with Crippen molar-refractivity contribution in [3.05, 3.63) is 19.0 Å². The molecule has 0 unspecified atom stereocenters. The van der Waals surface area contributed by atoms with E-state index in [9.17, 15) is 4.79 Å². The van der Waals surface area contributed by atoms with Gasteiger partial charge < -0.3 is 5.11 Å². The van der Waals surface area contributed by atoms with Crippen LogP contribution in [0.25, 0.3) is 0 Å². The number of carboxylic acid groups (broad SMARTS) is 1. The molecule has 0 aliphatic rings. The average Bonchev–Trinajstić information content (AvgIpc) is 2.00. The fourth-order valence-electron chi connectivity index (χ4n) is 0.273. The second kappa shape index (κ2) is 5.35. The molecule has 0 aliphatic carbocycles. The number of halogens is 5. The summed E-state index contributed by atoms with van der Waals surface area (Å²) in [6, 6.07) is 0. The summed E-state index contributed by atoms with van der Waals surface area (Å²) < 4.78 is -0.00596. The molecule has 0 bridgehead atoms. The van der Waals surface area contributed by atoms with Gasteiger partial charge in [-0.3, -0.25) is 0 Å². The van der Waals surface area contributed by atoms with Crippen LogP contribution in [0.15, 0.2) is 19.0 Å². The Kier molecular flexibility index (Phi) is 5.61. The molecule has 0 saturated heterocycles. The first-order valence-corrected chi connectivity index (χ1v) is 4.68. The molecule has 7 heteroatoms. The average molecular weight is 315 g/mol. The molecule has 0 aliphatic heterocycles. The first-order valence-electron chi connectivity index (χ1n) is 2.37. The molecule has 0 heterocycles. The van der Waals surface area contributed by atoms with Gasteiger partial charge in [0, 0.05) is 0 Å². The van der Waals surface area contributed by atoms with E-state index in [1.165, 1.54) is 0 Å². The van der Waals surface area contributed by atoms with Crippen LogP contribution in [-0.2, 0) is 4.79 Å². The molecule has 68 valence electrons. The molecule has 0 spiro atoms. The fraction of sp³-hybridized carbons (Fsp3) is 0. The van der Waals surface area contributed by atoms with Crippen LogP contribution in [0.1, 0.15) is 0 Å². The van der Waals surface area contributed by atoms with Gasteiger partial charge in [0.15, 0.2) is 0 Å². The largest absolute Gasteiger partial charge is 0.477 e. The molecular weight excluding hydrogens is 314 g/mol. The predicted octanol–water partition coefficient (Wildman–Crippen LogP) is 3.80. The van der Waals surface area contributed by atoms with Gasteiger partial charge >= 0.3 is 5.97 Å². The van der Waals surface area contributed by atoms with Crippen molar-refractivity contribution in [2.45, 2.75) is 0 Å². The van der Waals surface area contributed by atoms with Gasteiger partial charge in [0.25, 0.3) is 0 Å². The van der Waals surface area contributed by atoms with E-state index >= 15 is 0 Å². The number of carbonyl (C=O) groups is 1. The van der Waals surface area contributed by atoms with Crippen LogP contribution in [0.2, 0.25) is 0 Å². The lowest BCUT2D eigenvalue weighted by atomic mass is 10.5. The Hall–Kier alpha value is 0.590. The maximum atomic E-state index is 10.3. The summed E-state index contributed by atoms with van der Waals surface area (Å²) in [7, 11) is 0.